The van der Waals surface area contributed by atoms with Gasteiger partial charge in [-0.05, 0) is 43.3 Å². The third kappa shape index (κ3) is 3.57. The monoisotopic (exact) mass is 327 g/mol. The van der Waals surface area contributed by atoms with E-state index in [-0.39, 0.29) is 18.1 Å². The molecule has 1 amide bonds. The van der Waals surface area contributed by atoms with Crippen LogP contribution in [0.3, 0.4) is 0 Å². The minimum atomic E-state index is -0.407. The van der Waals surface area contributed by atoms with Crippen molar-refractivity contribution in [2.24, 2.45) is 0 Å². The Balaban J connectivity index is 1.73. The normalized spacial score (nSPS) is 10.4. The largest absolute Gasteiger partial charge is 0.489 e. The fourth-order valence-corrected chi connectivity index (χ4v) is 2.05. The highest BCUT2D eigenvalue weighted by atomic mass is 19.1. The fourth-order valence-electron chi connectivity index (χ4n) is 2.05. The van der Waals surface area contributed by atoms with Crippen LogP contribution in [0, 0.1) is 12.7 Å². The molecule has 0 aliphatic rings. The van der Waals surface area contributed by atoms with Crippen molar-refractivity contribution in [3.8, 4) is 5.75 Å². The van der Waals surface area contributed by atoms with Crippen LogP contribution < -0.4 is 10.1 Å². The van der Waals surface area contributed by atoms with E-state index in [9.17, 15) is 9.18 Å². The Kier molecular flexibility index (Phi) is 4.51. The molecule has 1 N–H and O–H groups in total. The third-order valence-corrected chi connectivity index (χ3v) is 3.33. The molecule has 0 aliphatic carbocycles. The molecule has 2 heterocycles. The predicted molar refractivity (Wildman–Crippen MR) is 84.2 cm³/mol. The maximum atomic E-state index is 12.9. The van der Waals surface area contributed by atoms with E-state index < -0.39 is 5.91 Å². The van der Waals surface area contributed by atoms with Gasteiger partial charge in [0.25, 0.3) is 5.91 Å². The predicted octanol–water partition coefficient (Wildman–Crippen LogP) is 3.35. The Labute approximate surface area is 137 Å². The molecule has 2 aromatic heterocycles. The van der Waals surface area contributed by atoms with Gasteiger partial charge in [-0.15, -0.1) is 0 Å². The maximum Gasteiger partial charge on any atom is 0.278 e. The molecular weight excluding hydrogens is 313 g/mol. The average Bonchev–Trinajstić information content (AvgIpc) is 2.96. The first-order chi connectivity index (χ1) is 11.6. The van der Waals surface area contributed by atoms with Crippen LogP contribution in [0.5, 0.6) is 5.75 Å². The van der Waals surface area contributed by atoms with E-state index in [4.69, 9.17) is 9.26 Å². The standard InChI is InChI=1S/C17H14FN3O3/c1-11-15(10-23-14-4-2-12(18)3-5-14)16(21-24-11)17(22)20-13-6-8-19-9-7-13/h2-9H,10H2,1H3,(H,19,20,22). The molecule has 6 nitrogen and oxygen atoms in total. The van der Waals surface area contributed by atoms with Gasteiger partial charge in [0.15, 0.2) is 5.69 Å². The van der Waals surface area contributed by atoms with Gasteiger partial charge in [-0.25, -0.2) is 4.39 Å². The number of anilines is 1. The summed E-state index contributed by atoms with van der Waals surface area (Å²) in [7, 11) is 0. The zero-order valence-corrected chi connectivity index (χ0v) is 12.8. The minimum Gasteiger partial charge on any atom is -0.489 e. The first kappa shape index (κ1) is 15.7. The van der Waals surface area contributed by atoms with Crippen LogP contribution in [-0.4, -0.2) is 16.0 Å². The van der Waals surface area contributed by atoms with Crippen LogP contribution in [0.25, 0.3) is 0 Å². The number of carbonyl (C=O) groups excluding carboxylic acids is 1. The van der Waals surface area contributed by atoms with Crippen molar-refractivity contribution in [2.45, 2.75) is 13.5 Å². The Morgan fingerprint density at radius 3 is 2.62 bits per heavy atom. The molecule has 7 heteroatoms. The van der Waals surface area contributed by atoms with Gasteiger partial charge in [0.05, 0.1) is 5.56 Å². The van der Waals surface area contributed by atoms with Crippen molar-refractivity contribution in [1.29, 1.82) is 0 Å². The highest BCUT2D eigenvalue weighted by Gasteiger charge is 2.20. The SMILES string of the molecule is Cc1onc(C(=O)Nc2ccncc2)c1COc1ccc(F)cc1. The summed E-state index contributed by atoms with van der Waals surface area (Å²) in [5.41, 5.74) is 1.28. The quantitative estimate of drug-likeness (QED) is 0.777. The molecule has 3 aromatic rings. The van der Waals surface area contributed by atoms with E-state index in [0.29, 0.717) is 22.8 Å². The van der Waals surface area contributed by atoms with E-state index in [2.05, 4.69) is 15.5 Å². The van der Waals surface area contributed by atoms with Crippen molar-refractivity contribution >= 4 is 11.6 Å². The van der Waals surface area contributed by atoms with Gasteiger partial charge in [0.2, 0.25) is 0 Å². The van der Waals surface area contributed by atoms with Gasteiger partial charge in [-0.3, -0.25) is 9.78 Å². The Morgan fingerprint density at radius 1 is 1.21 bits per heavy atom. The number of aryl methyl sites for hydroxylation is 1. The molecule has 0 radical (unpaired) electrons. The molecule has 0 atom stereocenters. The lowest BCUT2D eigenvalue weighted by Gasteiger charge is -2.07. The van der Waals surface area contributed by atoms with Crippen LogP contribution in [0.1, 0.15) is 21.8 Å². The second-order valence-electron chi connectivity index (χ2n) is 5.00. The number of ether oxygens (including phenoxy) is 1. The lowest BCUT2D eigenvalue weighted by atomic mass is 10.2. The molecule has 3 rings (SSSR count). The molecule has 0 spiro atoms. The molecule has 122 valence electrons. The number of pyridine rings is 1. The number of benzene rings is 1. The molecular formula is C17H14FN3O3. The summed E-state index contributed by atoms with van der Waals surface area (Å²) in [6, 6.07) is 8.95. The van der Waals surface area contributed by atoms with E-state index in [1.54, 1.807) is 31.5 Å². The lowest BCUT2D eigenvalue weighted by Crippen LogP contribution is -2.15. The molecule has 1 aromatic carbocycles. The van der Waals surface area contributed by atoms with Crippen LogP contribution in [0.4, 0.5) is 10.1 Å². The summed E-state index contributed by atoms with van der Waals surface area (Å²) in [4.78, 5) is 16.2. The molecule has 0 saturated heterocycles. The van der Waals surface area contributed by atoms with E-state index in [0.717, 1.165) is 0 Å². The smallest absolute Gasteiger partial charge is 0.278 e. The number of hydrogen-bond acceptors (Lipinski definition) is 5. The number of amides is 1. The van der Waals surface area contributed by atoms with Gasteiger partial charge < -0.3 is 14.6 Å². The summed E-state index contributed by atoms with van der Waals surface area (Å²) in [5, 5.41) is 6.51. The van der Waals surface area contributed by atoms with Crippen molar-refractivity contribution < 1.29 is 18.4 Å². The number of nitrogens with zero attached hydrogens (tertiary/aromatic N) is 2. The van der Waals surface area contributed by atoms with Gasteiger partial charge >= 0.3 is 0 Å². The Hall–Kier alpha value is -3.22. The zero-order chi connectivity index (χ0) is 16.9. The van der Waals surface area contributed by atoms with Gasteiger partial charge in [-0.1, -0.05) is 5.16 Å². The summed E-state index contributed by atoms with van der Waals surface area (Å²) < 4.78 is 23.6. The zero-order valence-electron chi connectivity index (χ0n) is 12.8. The first-order valence-electron chi connectivity index (χ1n) is 7.18. The third-order valence-electron chi connectivity index (χ3n) is 3.33. The summed E-state index contributed by atoms with van der Waals surface area (Å²) in [5.74, 6) is 0.214. The van der Waals surface area contributed by atoms with E-state index in [1.165, 1.54) is 24.3 Å². The average molecular weight is 327 g/mol. The van der Waals surface area contributed by atoms with Gasteiger partial charge in [0.1, 0.15) is 23.9 Å². The van der Waals surface area contributed by atoms with E-state index >= 15 is 0 Å². The van der Waals surface area contributed by atoms with Crippen molar-refractivity contribution in [2.75, 3.05) is 5.32 Å². The fraction of sp³-hybridized carbons (Fsp3) is 0.118. The topological polar surface area (TPSA) is 77.3 Å². The minimum absolute atomic E-state index is 0.0834. The van der Waals surface area contributed by atoms with Crippen molar-refractivity contribution in [3.63, 3.8) is 0 Å². The lowest BCUT2D eigenvalue weighted by molar-refractivity contribution is 0.101. The molecule has 0 aliphatic heterocycles. The van der Waals surface area contributed by atoms with Crippen LogP contribution >= 0.6 is 0 Å². The summed E-state index contributed by atoms with van der Waals surface area (Å²) >= 11 is 0. The number of rotatable bonds is 5. The molecule has 0 saturated carbocycles. The number of aromatic nitrogens is 2. The van der Waals surface area contributed by atoms with Crippen molar-refractivity contribution in [1.82, 2.24) is 10.1 Å². The van der Waals surface area contributed by atoms with Crippen LogP contribution in [0.15, 0.2) is 53.3 Å². The molecule has 0 unspecified atom stereocenters. The molecule has 0 bridgehead atoms. The Morgan fingerprint density at radius 2 is 1.92 bits per heavy atom. The number of hydrogen-bond donors (Lipinski definition) is 1. The second-order valence-corrected chi connectivity index (χ2v) is 5.00. The van der Waals surface area contributed by atoms with Crippen LogP contribution in [0.2, 0.25) is 0 Å². The van der Waals surface area contributed by atoms with Crippen LogP contribution in [-0.2, 0) is 6.61 Å². The second kappa shape index (κ2) is 6.91. The molecule has 24 heavy (non-hydrogen) atoms. The summed E-state index contributed by atoms with van der Waals surface area (Å²) in [6.07, 6.45) is 3.14. The first-order valence-corrected chi connectivity index (χ1v) is 7.18. The van der Waals surface area contributed by atoms with Crippen molar-refractivity contribution in [3.05, 3.63) is 71.6 Å². The van der Waals surface area contributed by atoms with Gasteiger partial charge in [-0.2, -0.15) is 0 Å². The summed E-state index contributed by atoms with van der Waals surface area (Å²) in [6.45, 7) is 1.78. The number of halogens is 1. The highest BCUT2D eigenvalue weighted by Crippen LogP contribution is 2.19. The van der Waals surface area contributed by atoms with E-state index in [1.807, 2.05) is 0 Å². The van der Waals surface area contributed by atoms with Gasteiger partial charge in [0, 0.05) is 18.1 Å². The Bertz CT molecular complexity index is 832. The maximum absolute atomic E-state index is 12.9. The number of carbonyl (C=O) groups is 1. The molecule has 0 fully saturated rings. The highest BCUT2D eigenvalue weighted by molar-refractivity contribution is 6.03. The number of nitrogens with one attached hydrogen (secondary N) is 1.